The summed E-state index contributed by atoms with van der Waals surface area (Å²) in [6.45, 7) is 3.01. The van der Waals surface area contributed by atoms with E-state index in [1.807, 2.05) is 0 Å². The summed E-state index contributed by atoms with van der Waals surface area (Å²) in [4.78, 5) is 1.65. The number of ether oxygens (including phenoxy) is 1. The molecule has 1 aliphatic heterocycles. The standard InChI is InChI=1S/C15H22F2N2O3/c1-2-22-13-9-11(3-4-12(13)21)14(15(16,17)10-20)19-7-5-18-6-8-19/h3-4,9,14,18,20-21H,2,5-8,10H2,1H3/t14-/m1/s1. The zero-order chi connectivity index (χ0) is 16.2. The highest BCUT2D eigenvalue weighted by atomic mass is 19.3. The molecule has 1 saturated heterocycles. The van der Waals surface area contributed by atoms with Gasteiger partial charge in [0.15, 0.2) is 11.5 Å². The molecular formula is C15H22F2N2O3. The van der Waals surface area contributed by atoms with Gasteiger partial charge in [0, 0.05) is 26.2 Å². The summed E-state index contributed by atoms with van der Waals surface area (Å²) < 4.78 is 33.9. The van der Waals surface area contributed by atoms with Crippen molar-refractivity contribution in [1.82, 2.24) is 10.2 Å². The lowest BCUT2D eigenvalue weighted by molar-refractivity contribution is -0.118. The van der Waals surface area contributed by atoms with Gasteiger partial charge < -0.3 is 20.3 Å². The van der Waals surface area contributed by atoms with Crippen LogP contribution in [0.1, 0.15) is 18.5 Å². The molecule has 0 unspecified atom stereocenters. The minimum absolute atomic E-state index is 0.0861. The Kier molecular flexibility index (Phi) is 5.55. The topological polar surface area (TPSA) is 65.0 Å². The van der Waals surface area contributed by atoms with Crippen molar-refractivity contribution in [1.29, 1.82) is 0 Å². The number of nitrogens with zero attached hydrogens (tertiary/aromatic N) is 1. The zero-order valence-electron chi connectivity index (χ0n) is 12.6. The van der Waals surface area contributed by atoms with Crippen LogP contribution in [0.2, 0.25) is 0 Å². The van der Waals surface area contributed by atoms with E-state index in [1.54, 1.807) is 11.8 Å². The van der Waals surface area contributed by atoms with Crippen LogP contribution in [0.15, 0.2) is 18.2 Å². The monoisotopic (exact) mass is 316 g/mol. The van der Waals surface area contributed by atoms with E-state index in [-0.39, 0.29) is 11.5 Å². The minimum Gasteiger partial charge on any atom is -0.504 e. The number of piperazine rings is 1. The number of hydrogen-bond donors (Lipinski definition) is 3. The third-order valence-electron chi connectivity index (χ3n) is 3.73. The van der Waals surface area contributed by atoms with Crippen molar-refractivity contribution >= 4 is 0 Å². The Balaban J connectivity index is 2.37. The number of aliphatic hydroxyl groups excluding tert-OH is 1. The van der Waals surface area contributed by atoms with Crippen LogP contribution < -0.4 is 10.1 Å². The molecule has 5 nitrogen and oxygen atoms in total. The molecule has 1 fully saturated rings. The van der Waals surface area contributed by atoms with Crippen LogP contribution in [0.25, 0.3) is 0 Å². The molecule has 0 aliphatic carbocycles. The highest BCUT2D eigenvalue weighted by Crippen LogP contribution is 2.39. The number of nitrogens with one attached hydrogen (secondary N) is 1. The molecule has 0 amide bonds. The molecule has 0 radical (unpaired) electrons. The summed E-state index contributed by atoms with van der Waals surface area (Å²) in [6.07, 6.45) is 0. The van der Waals surface area contributed by atoms with E-state index < -0.39 is 18.6 Å². The van der Waals surface area contributed by atoms with Gasteiger partial charge in [-0.15, -0.1) is 0 Å². The van der Waals surface area contributed by atoms with Gasteiger partial charge >= 0.3 is 0 Å². The molecule has 3 N–H and O–H groups in total. The molecule has 1 heterocycles. The number of aromatic hydroxyl groups is 1. The van der Waals surface area contributed by atoms with E-state index in [1.165, 1.54) is 18.2 Å². The molecule has 1 aromatic carbocycles. The summed E-state index contributed by atoms with van der Waals surface area (Å²) in [7, 11) is 0. The summed E-state index contributed by atoms with van der Waals surface area (Å²) in [5.74, 6) is -3.19. The number of rotatable bonds is 6. The first-order valence-electron chi connectivity index (χ1n) is 7.38. The number of hydrogen-bond acceptors (Lipinski definition) is 5. The average Bonchev–Trinajstić information content (AvgIpc) is 2.52. The summed E-state index contributed by atoms with van der Waals surface area (Å²) in [5.41, 5.74) is 0.321. The number of phenolic OH excluding ortho intramolecular Hbond substituents is 1. The highest BCUT2D eigenvalue weighted by molar-refractivity contribution is 5.43. The first kappa shape index (κ1) is 16.9. The van der Waals surface area contributed by atoms with E-state index in [0.29, 0.717) is 38.3 Å². The molecular weight excluding hydrogens is 294 g/mol. The quantitative estimate of drug-likeness (QED) is 0.740. The second kappa shape index (κ2) is 7.21. The summed E-state index contributed by atoms with van der Waals surface area (Å²) in [5, 5.41) is 22.0. The Morgan fingerprint density at radius 1 is 1.36 bits per heavy atom. The number of alkyl halides is 2. The third kappa shape index (κ3) is 3.66. The minimum atomic E-state index is -3.28. The van der Waals surface area contributed by atoms with Crippen molar-refractivity contribution in [2.45, 2.75) is 18.9 Å². The molecule has 124 valence electrons. The molecule has 2 rings (SSSR count). The van der Waals surface area contributed by atoms with Crippen molar-refractivity contribution in [3.8, 4) is 11.5 Å². The van der Waals surface area contributed by atoms with Crippen LogP contribution in [0.5, 0.6) is 11.5 Å². The zero-order valence-corrected chi connectivity index (χ0v) is 12.6. The average molecular weight is 316 g/mol. The molecule has 22 heavy (non-hydrogen) atoms. The maximum atomic E-state index is 14.3. The molecule has 1 aromatic rings. The third-order valence-corrected chi connectivity index (χ3v) is 3.73. The number of halogens is 2. The maximum Gasteiger partial charge on any atom is 0.289 e. The predicted octanol–water partition coefficient (Wildman–Crippen LogP) is 1.36. The van der Waals surface area contributed by atoms with Crippen molar-refractivity contribution in [2.24, 2.45) is 0 Å². The van der Waals surface area contributed by atoms with Crippen LogP contribution in [0.3, 0.4) is 0 Å². The van der Waals surface area contributed by atoms with Gasteiger partial charge in [-0.2, -0.15) is 0 Å². The van der Waals surface area contributed by atoms with E-state index in [0.717, 1.165) is 0 Å². The van der Waals surface area contributed by atoms with E-state index >= 15 is 0 Å². The van der Waals surface area contributed by atoms with Gasteiger partial charge in [0.1, 0.15) is 12.6 Å². The van der Waals surface area contributed by atoms with Gasteiger partial charge in [-0.05, 0) is 24.6 Å². The summed E-state index contributed by atoms with van der Waals surface area (Å²) in [6, 6.07) is 2.98. The van der Waals surface area contributed by atoms with Crippen molar-refractivity contribution < 1.29 is 23.7 Å². The van der Waals surface area contributed by atoms with Crippen molar-refractivity contribution in [3.05, 3.63) is 23.8 Å². The fourth-order valence-corrected chi connectivity index (χ4v) is 2.72. The second-order valence-electron chi connectivity index (χ2n) is 5.27. The Morgan fingerprint density at radius 3 is 2.64 bits per heavy atom. The lowest BCUT2D eigenvalue weighted by atomic mass is 9.97. The fraction of sp³-hybridized carbons (Fsp3) is 0.600. The van der Waals surface area contributed by atoms with Gasteiger partial charge in [0.05, 0.1) is 6.61 Å². The van der Waals surface area contributed by atoms with Crippen LogP contribution in [0, 0.1) is 0 Å². The molecule has 1 atom stereocenters. The predicted molar refractivity (Wildman–Crippen MR) is 78.5 cm³/mol. The lowest BCUT2D eigenvalue weighted by Crippen LogP contribution is -2.51. The van der Waals surface area contributed by atoms with Crippen LogP contribution >= 0.6 is 0 Å². The highest BCUT2D eigenvalue weighted by Gasteiger charge is 2.44. The van der Waals surface area contributed by atoms with Gasteiger partial charge in [0.2, 0.25) is 0 Å². The molecule has 0 spiro atoms. The molecule has 0 aromatic heterocycles. The number of benzene rings is 1. The molecule has 0 bridgehead atoms. The largest absolute Gasteiger partial charge is 0.504 e. The first-order chi connectivity index (χ1) is 10.5. The summed E-state index contributed by atoms with van der Waals surface area (Å²) >= 11 is 0. The molecule has 0 saturated carbocycles. The SMILES string of the molecule is CCOc1cc([C@@H](N2CCNCC2)C(F)(F)CO)ccc1O. The van der Waals surface area contributed by atoms with E-state index in [2.05, 4.69) is 5.32 Å². The second-order valence-corrected chi connectivity index (χ2v) is 5.27. The normalized spacial score (nSPS) is 18.2. The Bertz CT molecular complexity index is 494. The Hall–Kier alpha value is -1.44. The fourth-order valence-electron chi connectivity index (χ4n) is 2.72. The van der Waals surface area contributed by atoms with Crippen LogP contribution in [0.4, 0.5) is 8.78 Å². The van der Waals surface area contributed by atoms with E-state index in [4.69, 9.17) is 9.84 Å². The first-order valence-corrected chi connectivity index (χ1v) is 7.38. The van der Waals surface area contributed by atoms with Gasteiger partial charge in [-0.25, -0.2) is 8.78 Å². The lowest BCUT2D eigenvalue weighted by Gasteiger charge is -2.38. The van der Waals surface area contributed by atoms with Gasteiger partial charge in [0.25, 0.3) is 5.92 Å². The number of aliphatic hydroxyl groups is 1. The van der Waals surface area contributed by atoms with E-state index in [9.17, 15) is 13.9 Å². The van der Waals surface area contributed by atoms with Gasteiger partial charge in [-0.3, -0.25) is 4.90 Å². The number of phenols is 1. The molecule has 1 aliphatic rings. The maximum absolute atomic E-state index is 14.3. The van der Waals surface area contributed by atoms with Crippen molar-refractivity contribution in [3.63, 3.8) is 0 Å². The molecule has 7 heteroatoms. The Labute approximate surface area is 128 Å². The van der Waals surface area contributed by atoms with Crippen LogP contribution in [-0.4, -0.2) is 60.4 Å². The smallest absolute Gasteiger partial charge is 0.289 e. The van der Waals surface area contributed by atoms with Crippen molar-refractivity contribution in [2.75, 3.05) is 39.4 Å². The van der Waals surface area contributed by atoms with Crippen LogP contribution in [-0.2, 0) is 0 Å². The Morgan fingerprint density at radius 2 is 2.05 bits per heavy atom. The van der Waals surface area contributed by atoms with Gasteiger partial charge in [-0.1, -0.05) is 6.07 Å².